The number of rotatable bonds is 6. The Kier molecular flexibility index (Phi) is 6.84. The lowest BCUT2D eigenvalue weighted by Gasteiger charge is -2.32. The van der Waals surface area contributed by atoms with Crippen LogP contribution in [0, 0.1) is 0 Å². The highest BCUT2D eigenvalue weighted by molar-refractivity contribution is 6.15. The van der Waals surface area contributed by atoms with Gasteiger partial charge in [0.1, 0.15) is 11.5 Å². The zero-order valence-electron chi connectivity index (χ0n) is 26.3. The largest absolute Gasteiger partial charge is 0.456 e. The molecule has 226 valence electrons. The van der Waals surface area contributed by atoms with Crippen LogP contribution in [-0.4, -0.2) is 0 Å². The molecule has 0 spiro atoms. The molecule has 0 unspecified atom stereocenters. The molecule has 0 saturated carbocycles. The van der Waals surface area contributed by atoms with Gasteiger partial charge in [-0.2, -0.15) is 0 Å². The van der Waals surface area contributed by atoms with Crippen LogP contribution >= 0.6 is 0 Å². The van der Waals surface area contributed by atoms with Crippen molar-refractivity contribution in [2.75, 3.05) is 4.90 Å². The van der Waals surface area contributed by atoms with Crippen molar-refractivity contribution >= 4 is 27.8 Å². The highest BCUT2D eigenvalue weighted by Gasteiger charge is 2.28. The molecule has 1 aliphatic heterocycles. The maximum absolute atomic E-state index is 6.60. The van der Waals surface area contributed by atoms with Crippen molar-refractivity contribution in [2.24, 2.45) is 0 Å². The number of nitrogens with zero attached hydrogens (tertiary/aromatic N) is 1. The van der Waals surface area contributed by atoms with Gasteiger partial charge in [0, 0.05) is 27.9 Å². The molecule has 8 aromatic carbocycles. The van der Waals surface area contributed by atoms with E-state index in [1.54, 1.807) is 0 Å². The van der Waals surface area contributed by atoms with Crippen LogP contribution in [0.2, 0.25) is 0 Å². The number of hydrogen-bond donors (Lipinski definition) is 0. The van der Waals surface area contributed by atoms with Crippen LogP contribution in [0.1, 0.15) is 0 Å². The summed E-state index contributed by atoms with van der Waals surface area (Å²) in [7, 11) is 0. The average Bonchev–Trinajstić information content (AvgIpc) is 3.17. The van der Waals surface area contributed by atoms with E-state index in [1.807, 2.05) is 6.07 Å². The van der Waals surface area contributed by atoms with Crippen LogP contribution in [-0.2, 0) is 0 Å². The zero-order chi connectivity index (χ0) is 31.9. The molecule has 9 rings (SSSR count). The van der Waals surface area contributed by atoms with Crippen LogP contribution in [0.4, 0.5) is 17.1 Å². The fourth-order valence-electron chi connectivity index (χ4n) is 6.99. The second kappa shape index (κ2) is 11.8. The Balaban J connectivity index is 1.33. The lowest BCUT2D eigenvalue weighted by molar-refractivity contribution is 0.487. The third kappa shape index (κ3) is 4.83. The summed E-state index contributed by atoms with van der Waals surface area (Å²) in [6.45, 7) is 0. The maximum Gasteiger partial charge on any atom is 0.136 e. The Labute approximate surface area is 280 Å². The molecule has 0 fully saturated rings. The highest BCUT2D eigenvalue weighted by Crippen LogP contribution is 2.55. The van der Waals surface area contributed by atoms with Gasteiger partial charge in [0.2, 0.25) is 0 Å². The quantitative estimate of drug-likeness (QED) is 0.185. The summed E-state index contributed by atoms with van der Waals surface area (Å²) >= 11 is 0. The second-order valence-electron chi connectivity index (χ2n) is 12.1. The fraction of sp³-hybridized carbons (Fsp3) is 0. The Hall–Kier alpha value is -6.38. The molecule has 1 aliphatic rings. The van der Waals surface area contributed by atoms with Crippen molar-refractivity contribution in [3.8, 4) is 56.0 Å². The predicted molar refractivity (Wildman–Crippen MR) is 200 cm³/mol. The van der Waals surface area contributed by atoms with Gasteiger partial charge >= 0.3 is 0 Å². The molecule has 0 bridgehead atoms. The van der Waals surface area contributed by atoms with Crippen LogP contribution in [0.15, 0.2) is 188 Å². The van der Waals surface area contributed by atoms with E-state index in [9.17, 15) is 0 Å². The number of fused-ring (bicyclic) bond motifs is 2. The molecular formula is C46H31NO. The minimum absolute atomic E-state index is 0.866. The minimum atomic E-state index is 0.866. The third-order valence-electron chi connectivity index (χ3n) is 9.27. The predicted octanol–water partition coefficient (Wildman–Crippen LogP) is 13.1. The average molecular weight is 614 g/mol. The lowest BCUT2D eigenvalue weighted by Crippen LogP contribution is -2.13. The van der Waals surface area contributed by atoms with E-state index in [4.69, 9.17) is 4.74 Å². The summed E-state index contributed by atoms with van der Waals surface area (Å²) in [5.41, 5.74) is 12.6. The first-order valence-electron chi connectivity index (χ1n) is 16.4. The molecule has 0 aliphatic carbocycles. The molecule has 0 N–H and O–H groups in total. The fourth-order valence-corrected chi connectivity index (χ4v) is 6.99. The summed E-state index contributed by atoms with van der Waals surface area (Å²) in [5, 5.41) is 2.30. The number of benzene rings is 8. The number of hydrogen-bond acceptors (Lipinski definition) is 2. The topological polar surface area (TPSA) is 12.5 Å². The highest BCUT2D eigenvalue weighted by atomic mass is 16.5. The molecule has 1 heterocycles. The number of anilines is 3. The van der Waals surface area contributed by atoms with Gasteiger partial charge in [0.25, 0.3) is 0 Å². The molecule has 0 saturated heterocycles. The van der Waals surface area contributed by atoms with Gasteiger partial charge in [0.05, 0.1) is 5.69 Å². The molecule has 2 heteroatoms. The van der Waals surface area contributed by atoms with Crippen molar-refractivity contribution < 1.29 is 4.74 Å². The molecule has 0 amide bonds. The summed E-state index contributed by atoms with van der Waals surface area (Å²) in [4.78, 5) is 2.41. The van der Waals surface area contributed by atoms with Crippen LogP contribution < -0.4 is 9.64 Å². The first-order valence-corrected chi connectivity index (χ1v) is 16.4. The van der Waals surface area contributed by atoms with Gasteiger partial charge in [-0.15, -0.1) is 0 Å². The smallest absolute Gasteiger partial charge is 0.136 e. The molecule has 0 radical (unpaired) electrons. The van der Waals surface area contributed by atoms with Crippen LogP contribution in [0.5, 0.6) is 11.5 Å². The van der Waals surface area contributed by atoms with Gasteiger partial charge in [-0.1, -0.05) is 146 Å². The van der Waals surface area contributed by atoms with E-state index < -0.39 is 0 Å². The Morgan fingerprint density at radius 1 is 0.354 bits per heavy atom. The Morgan fingerprint density at radius 2 is 0.833 bits per heavy atom. The summed E-state index contributed by atoms with van der Waals surface area (Å²) in [6, 6.07) is 66.8. The van der Waals surface area contributed by atoms with Gasteiger partial charge in [-0.3, -0.25) is 0 Å². The van der Waals surface area contributed by atoms with E-state index in [1.165, 1.54) is 44.3 Å². The summed E-state index contributed by atoms with van der Waals surface area (Å²) < 4.78 is 6.60. The monoisotopic (exact) mass is 613 g/mol. The van der Waals surface area contributed by atoms with Crippen molar-refractivity contribution in [1.29, 1.82) is 0 Å². The van der Waals surface area contributed by atoms with E-state index in [0.717, 1.165) is 39.5 Å². The molecule has 0 atom stereocenters. The van der Waals surface area contributed by atoms with Crippen molar-refractivity contribution in [1.82, 2.24) is 0 Å². The molecule has 0 aromatic heterocycles. The zero-order valence-corrected chi connectivity index (χ0v) is 26.3. The minimum Gasteiger partial charge on any atom is -0.456 e. The van der Waals surface area contributed by atoms with Crippen LogP contribution in [0.25, 0.3) is 55.3 Å². The molecular weight excluding hydrogens is 583 g/mol. The van der Waals surface area contributed by atoms with E-state index in [0.29, 0.717) is 0 Å². The molecule has 48 heavy (non-hydrogen) atoms. The second-order valence-corrected chi connectivity index (χ2v) is 12.1. The summed E-state index contributed by atoms with van der Waals surface area (Å²) in [6.07, 6.45) is 0. The number of para-hydroxylation sites is 1. The Bertz CT molecular complexity index is 2300. The SMILES string of the molecule is c1ccc(-c2ccc(N(c3ccc(-c4ccccc4)cc3)c3cc(-c4ccccc4)c4cccc5c4c3-c3ccccc3O5)cc2)cc1. The van der Waals surface area contributed by atoms with E-state index in [-0.39, 0.29) is 0 Å². The lowest BCUT2D eigenvalue weighted by atomic mass is 9.87. The van der Waals surface area contributed by atoms with Gasteiger partial charge in [0.15, 0.2) is 0 Å². The standard InChI is InChI=1S/C46H31NO/c1-4-13-32(14-5-1)34-23-27-37(28-24-34)47(38-29-25-35(26-30-38)33-15-6-2-7-16-33)42-31-41(36-17-8-3-9-18-36)39-20-12-22-44-46(39)45(42)40-19-10-11-21-43(40)48-44/h1-31H. The first kappa shape index (κ1) is 27.9. The summed E-state index contributed by atoms with van der Waals surface area (Å²) in [5.74, 6) is 1.74. The third-order valence-corrected chi connectivity index (χ3v) is 9.27. The molecule has 2 nitrogen and oxygen atoms in total. The van der Waals surface area contributed by atoms with E-state index in [2.05, 4.69) is 187 Å². The van der Waals surface area contributed by atoms with Gasteiger partial charge < -0.3 is 9.64 Å². The van der Waals surface area contributed by atoms with Gasteiger partial charge in [-0.05, 0) is 81.2 Å². The van der Waals surface area contributed by atoms with Crippen molar-refractivity contribution in [3.05, 3.63) is 188 Å². The first-order chi connectivity index (χ1) is 23.8. The maximum atomic E-state index is 6.60. The van der Waals surface area contributed by atoms with E-state index >= 15 is 0 Å². The number of ether oxygens (including phenoxy) is 1. The molecule has 8 aromatic rings. The van der Waals surface area contributed by atoms with Gasteiger partial charge in [-0.25, -0.2) is 0 Å². The normalized spacial score (nSPS) is 11.5. The van der Waals surface area contributed by atoms with Crippen LogP contribution in [0.3, 0.4) is 0 Å². The van der Waals surface area contributed by atoms with Crippen molar-refractivity contribution in [3.63, 3.8) is 0 Å². The Morgan fingerprint density at radius 3 is 1.42 bits per heavy atom. The van der Waals surface area contributed by atoms with Crippen molar-refractivity contribution in [2.45, 2.75) is 0 Å².